The van der Waals surface area contributed by atoms with Crippen LogP contribution in [0.25, 0.3) is 78.4 Å². The lowest BCUT2D eigenvalue weighted by atomic mass is 9.59. The number of para-hydroxylation sites is 1. The van der Waals surface area contributed by atoms with E-state index in [-0.39, 0.29) is 16.4 Å². The molecule has 0 N–H and O–H groups in total. The molecular weight excluding hydrogens is 581 g/mol. The number of aromatic nitrogens is 3. The summed E-state index contributed by atoms with van der Waals surface area (Å²) in [5.41, 5.74) is 8.52. The summed E-state index contributed by atoms with van der Waals surface area (Å²) in [5, 5.41) is 1.92. The number of hydrogen-bond donors (Lipinski definition) is 0. The van der Waals surface area contributed by atoms with Gasteiger partial charge in [0.1, 0.15) is 50.4 Å². The molecule has 0 amide bonds. The van der Waals surface area contributed by atoms with Crippen LogP contribution in [-0.2, 0) is 0 Å². The highest BCUT2D eigenvalue weighted by Crippen LogP contribution is 2.40. The Balaban J connectivity index is 1.28. The van der Waals surface area contributed by atoms with E-state index in [0.717, 1.165) is 49.7 Å². The first-order chi connectivity index (χ1) is 23.4. The number of hydrogen-bond acceptors (Lipinski definition) is 4. The number of fused-ring (bicyclic) bond motifs is 3. The molecule has 212 valence electrons. The predicted octanol–water partition coefficient (Wildman–Crippen LogP) is 4.08. The van der Waals surface area contributed by atoms with Crippen LogP contribution in [0.3, 0.4) is 0 Å². The van der Waals surface area contributed by atoms with E-state index in [0.29, 0.717) is 39.5 Å². The first-order valence-corrected chi connectivity index (χ1v) is 15.3. The van der Waals surface area contributed by atoms with Gasteiger partial charge in [-0.05, 0) is 34.4 Å². The van der Waals surface area contributed by atoms with E-state index in [9.17, 15) is 0 Å². The molecule has 8 aromatic rings. The second kappa shape index (κ2) is 11.9. The fourth-order valence-electron chi connectivity index (χ4n) is 6.17. The van der Waals surface area contributed by atoms with Crippen molar-refractivity contribution in [3.05, 3.63) is 121 Å². The fraction of sp³-hybridized carbons (Fsp3) is 0. The number of rotatable bonds is 5. The van der Waals surface area contributed by atoms with Crippen LogP contribution in [0.2, 0.25) is 0 Å². The average Bonchev–Trinajstić information content (AvgIpc) is 3.53. The minimum Gasteiger partial charge on any atom is -0.455 e. The Morgan fingerprint density at radius 1 is 0.396 bits per heavy atom. The van der Waals surface area contributed by atoms with Gasteiger partial charge in [-0.3, -0.25) is 0 Å². The molecule has 2 heterocycles. The number of benzene rings is 6. The highest BCUT2D eigenvalue weighted by Gasteiger charge is 2.20. The summed E-state index contributed by atoms with van der Waals surface area (Å²) >= 11 is 0. The molecule has 0 fully saturated rings. The zero-order chi connectivity index (χ0) is 32.9. The van der Waals surface area contributed by atoms with Gasteiger partial charge < -0.3 is 4.42 Å². The van der Waals surface area contributed by atoms with Crippen molar-refractivity contribution < 1.29 is 4.42 Å². The van der Waals surface area contributed by atoms with Gasteiger partial charge in [-0.2, -0.15) is 0 Å². The van der Waals surface area contributed by atoms with Crippen molar-refractivity contribution in [2.24, 2.45) is 0 Å². The van der Waals surface area contributed by atoms with Crippen molar-refractivity contribution in [1.82, 2.24) is 15.0 Å². The standard InChI is InChI=1S/C39H20B5N3O/c40-31-29(32(41)34(43)35(44)33(31)42)22-19-17-21(18-20-22)25-13-8-16-28-30(25)26-14-7-15-27(36(26)48-28)39-46-37(23-9-3-1-4-10-23)45-38(47-39)24-11-5-2-6-12-24/h1-20H. The van der Waals surface area contributed by atoms with Gasteiger partial charge >= 0.3 is 0 Å². The van der Waals surface area contributed by atoms with Crippen LogP contribution < -0.4 is 27.3 Å². The van der Waals surface area contributed by atoms with E-state index in [1.54, 1.807) is 0 Å². The maximum absolute atomic E-state index is 6.58. The van der Waals surface area contributed by atoms with Gasteiger partial charge in [0.05, 0.1) is 5.56 Å². The monoisotopic (exact) mass is 601 g/mol. The van der Waals surface area contributed by atoms with E-state index in [2.05, 4.69) is 12.1 Å². The Morgan fingerprint density at radius 2 is 0.896 bits per heavy atom. The summed E-state index contributed by atoms with van der Waals surface area (Å²) in [4.78, 5) is 14.7. The van der Waals surface area contributed by atoms with Crippen LogP contribution >= 0.6 is 0 Å². The topological polar surface area (TPSA) is 51.8 Å². The lowest BCUT2D eigenvalue weighted by Crippen LogP contribution is -2.55. The van der Waals surface area contributed by atoms with E-state index < -0.39 is 0 Å². The molecule has 9 heteroatoms. The number of furan rings is 1. The van der Waals surface area contributed by atoms with Gasteiger partial charge in [-0.15, -0.1) is 16.4 Å². The molecule has 0 aliphatic heterocycles. The van der Waals surface area contributed by atoms with Crippen molar-refractivity contribution in [1.29, 1.82) is 0 Å². The summed E-state index contributed by atoms with van der Waals surface area (Å²) in [6.45, 7) is 0. The van der Waals surface area contributed by atoms with E-state index in [4.69, 9.17) is 58.6 Å². The van der Waals surface area contributed by atoms with Crippen molar-refractivity contribution in [3.8, 4) is 56.4 Å². The zero-order valence-corrected chi connectivity index (χ0v) is 25.7. The summed E-state index contributed by atoms with van der Waals surface area (Å²) in [6.07, 6.45) is 0. The van der Waals surface area contributed by atoms with Crippen LogP contribution in [0.15, 0.2) is 126 Å². The molecule has 0 atom stereocenters. The van der Waals surface area contributed by atoms with Gasteiger partial charge in [-0.1, -0.05) is 120 Å². The summed E-state index contributed by atoms with van der Waals surface area (Å²) < 4.78 is 6.58. The molecule has 0 spiro atoms. The third-order valence-electron chi connectivity index (χ3n) is 8.65. The molecule has 0 saturated heterocycles. The molecule has 0 aliphatic rings. The SMILES string of the molecule is [B]c1c([B])c([B])c(-c2ccc(-c3cccc4oc5c(-c6nc(-c7ccccc7)nc(-c7ccccc7)n6)cccc5c34)cc2)c([B])c1[B]. The Morgan fingerprint density at radius 3 is 1.50 bits per heavy atom. The van der Waals surface area contributed by atoms with E-state index in [1.807, 2.05) is 109 Å². The third kappa shape index (κ3) is 4.98. The Hall–Kier alpha value is -5.55. The molecule has 2 aromatic heterocycles. The lowest BCUT2D eigenvalue weighted by molar-refractivity contribution is 0.669. The summed E-state index contributed by atoms with van der Waals surface area (Å²) in [5.74, 6) is 1.69. The van der Waals surface area contributed by atoms with Crippen LogP contribution in [0.5, 0.6) is 0 Å². The van der Waals surface area contributed by atoms with Crippen LogP contribution in [0.4, 0.5) is 0 Å². The highest BCUT2D eigenvalue weighted by molar-refractivity contribution is 6.68. The van der Waals surface area contributed by atoms with Crippen LogP contribution in [0, 0.1) is 0 Å². The first kappa shape index (κ1) is 29.8. The molecule has 8 rings (SSSR count). The molecular formula is C39H20B5N3O. The third-order valence-corrected chi connectivity index (χ3v) is 8.65. The van der Waals surface area contributed by atoms with E-state index >= 15 is 0 Å². The van der Waals surface area contributed by atoms with Gasteiger partial charge in [0.25, 0.3) is 0 Å². The van der Waals surface area contributed by atoms with E-state index in [1.165, 1.54) is 0 Å². The van der Waals surface area contributed by atoms with Crippen molar-refractivity contribution in [2.45, 2.75) is 0 Å². The largest absolute Gasteiger partial charge is 0.455 e. The van der Waals surface area contributed by atoms with Crippen molar-refractivity contribution >= 4 is 88.5 Å². The minimum atomic E-state index is 0.188. The molecule has 10 radical (unpaired) electrons. The minimum absolute atomic E-state index is 0.188. The average molecular weight is 601 g/mol. The Bertz CT molecular complexity index is 2410. The van der Waals surface area contributed by atoms with Gasteiger partial charge in [0.2, 0.25) is 0 Å². The fourth-order valence-corrected chi connectivity index (χ4v) is 6.17. The maximum Gasteiger partial charge on any atom is 0.167 e. The van der Waals surface area contributed by atoms with Crippen molar-refractivity contribution in [2.75, 3.05) is 0 Å². The second-order valence-corrected chi connectivity index (χ2v) is 11.5. The van der Waals surface area contributed by atoms with Crippen LogP contribution in [-0.4, -0.2) is 54.2 Å². The smallest absolute Gasteiger partial charge is 0.167 e. The first-order valence-electron chi connectivity index (χ1n) is 15.3. The molecule has 48 heavy (non-hydrogen) atoms. The zero-order valence-electron chi connectivity index (χ0n) is 25.7. The lowest BCUT2D eigenvalue weighted by Gasteiger charge is -2.21. The second-order valence-electron chi connectivity index (χ2n) is 11.5. The predicted molar refractivity (Wildman–Crippen MR) is 201 cm³/mol. The molecule has 0 bridgehead atoms. The Labute approximate surface area is 284 Å². The van der Waals surface area contributed by atoms with Gasteiger partial charge in [0.15, 0.2) is 17.5 Å². The van der Waals surface area contributed by atoms with Gasteiger partial charge in [0, 0.05) is 21.9 Å². The molecule has 0 aliphatic carbocycles. The summed E-state index contributed by atoms with van der Waals surface area (Å²) in [6, 6.07) is 39.8. The van der Waals surface area contributed by atoms with Crippen molar-refractivity contribution in [3.63, 3.8) is 0 Å². The normalized spacial score (nSPS) is 11.3. The molecule has 4 nitrogen and oxygen atoms in total. The maximum atomic E-state index is 6.58. The van der Waals surface area contributed by atoms with Gasteiger partial charge in [-0.25, -0.2) is 15.0 Å². The number of nitrogens with zero attached hydrogens (tertiary/aromatic N) is 3. The summed E-state index contributed by atoms with van der Waals surface area (Å²) in [7, 11) is 30.9. The molecule has 0 saturated carbocycles. The van der Waals surface area contributed by atoms with Crippen LogP contribution in [0.1, 0.15) is 0 Å². The quantitative estimate of drug-likeness (QED) is 0.280. The molecule has 0 unspecified atom stereocenters. The Kier molecular flexibility index (Phi) is 7.41. The highest BCUT2D eigenvalue weighted by atomic mass is 16.3. The molecule has 6 aromatic carbocycles.